The lowest BCUT2D eigenvalue weighted by Crippen LogP contribution is -2.28. The highest BCUT2D eigenvalue weighted by atomic mass is 127. The number of carbonyl (C=O) groups is 1. The Morgan fingerprint density at radius 2 is 1.88 bits per heavy atom. The molecule has 0 spiro atoms. The fraction of sp³-hybridized carbons (Fsp3) is 0.133. The largest absolute Gasteiger partial charge is 0.461 e. The van der Waals surface area contributed by atoms with E-state index in [2.05, 4.69) is 72.5 Å². The quantitative estimate of drug-likeness (QED) is 0.216. The average molecular weight is 701 g/mol. The van der Waals surface area contributed by atoms with Gasteiger partial charge in [0.25, 0.3) is 0 Å². The molecule has 0 fully saturated rings. The summed E-state index contributed by atoms with van der Waals surface area (Å²) in [6.07, 6.45) is 0. The molecule has 0 aromatic heterocycles. The predicted molar refractivity (Wildman–Crippen MR) is 116 cm³/mol. The highest BCUT2D eigenvalue weighted by molar-refractivity contribution is 14.1. The van der Waals surface area contributed by atoms with E-state index in [1.165, 1.54) is 12.1 Å². The van der Waals surface area contributed by atoms with Gasteiger partial charge in [-0.3, -0.25) is 0 Å². The van der Waals surface area contributed by atoms with Crippen LogP contribution in [-0.2, 0) is 14.8 Å². The molecule has 1 N–H and O–H groups in total. The molecule has 0 amide bonds. The van der Waals surface area contributed by atoms with Crippen molar-refractivity contribution in [3.63, 3.8) is 0 Å². The van der Waals surface area contributed by atoms with Gasteiger partial charge in [-0.05, 0) is 98.1 Å². The van der Waals surface area contributed by atoms with Gasteiger partial charge >= 0.3 is 5.97 Å². The van der Waals surface area contributed by atoms with E-state index in [4.69, 9.17) is 4.74 Å². The first-order chi connectivity index (χ1) is 11.7. The third-order valence-electron chi connectivity index (χ3n) is 2.95. The van der Waals surface area contributed by atoms with Gasteiger partial charge in [-0.1, -0.05) is 6.07 Å². The first kappa shape index (κ1) is 21.2. The van der Waals surface area contributed by atoms with E-state index in [0.717, 1.165) is 22.8 Å². The highest BCUT2D eigenvalue weighted by Crippen LogP contribution is 2.23. The Hall–Kier alpha value is -0.0600. The van der Waals surface area contributed by atoms with Crippen LogP contribution in [0, 0.1) is 16.5 Å². The van der Waals surface area contributed by atoms with Crippen molar-refractivity contribution in [1.29, 1.82) is 0 Å². The maximum Gasteiger partial charge on any atom is 0.339 e. The molecule has 2 aromatic carbocycles. The number of esters is 1. The van der Waals surface area contributed by atoms with Crippen LogP contribution in [0.2, 0.25) is 0 Å². The molecule has 0 heterocycles. The number of hydrogen-bond donors (Lipinski definition) is 1. The molecule has 0 aliphatic heterocycles. The molecule has 25 heavy (non-hydrogen) atoms. The Labute approximate surface area is 185 Å². The van der Waals surface area contributed by atoms with Crippen LogP contribution in [0.25, 0.3) is 0 Å². The monoisotopic (exact) mass is 701 g/mol. The van der Waals surface area contributed by atoms with Crippen molar-refractivity contribution in [1.82, 2.24) is 4.72 Å². The average Bonchev–Trinajstić information content (AvgIpc) is 2.54. The predicted octanol–water partition coefficient (Wildman–Crippen LogP) is 3.77. The molecule has 2 aromatic rings. The fourth-order valence-electron chi connectivity index (χ4n) is 1.82. The molecular formula is C15H11FI3NO4S. The molecule has 0 bridgehead atoms. The second-order valence-electron chi connectivity index (χ2n) is 4.74. The lowest BCUT2D eigenvalue weighted by molar-refractivity contribution is 0.0511. The van der Waals surface area contributed by atoms with Gasteiger partial charge in [0, 0.05) is 17.3 Å². The van der Waals surface area contributed by atoms with Gasteiger partial charge in [0.2, 0.25) is 10.0 Å². The van der Waals surface area contributed by atoms with Crippen LogP contribution in [0.5, 0.6) is 0 Å². The zero-order valence-electron chi connectivity index (χ0n) is 12.4. The molecule has 10 heteroatoms. The first-order valence-corrected chi connectivity index (χ1v) is 11.5. The van der Waals surface area contributed by atoms with Gasteiger partial charge in [-0.15, -0.1) is 0 Å². The van der Waals surface area contributed by atoms with Crippen molar-refractivity contribution in [2.24, 2.45) is 0 Å². The standard InChI is InChI=1S/C15H11FI3NO4S/c16-9-2-1-3-11(6-9)25(22,23)20-4-5-24-15(21)12-7-10(17)8-13(18)14(12)19/h1-3,6-8,20H,4-5H2. The molecule has 134 valence electrons. The fourth-order valence-corrected chi connectivity index (χ4v) is 5.24. The summed E-state index contributed by atoms with van der Waals surface area (Å²) in [6.45, 7) is -0.242. The second-order valence-corrected chi connectivity index (χ2v) is 9.99. The number of hydrogen-bond acceptors (Lipinski definition) is 4. The number of ether oxygens (including phenoxy) is 1. The van der Waals surface area contributed by atoms with Crippen LogP contribution in [0.4, 0.5) is 4.39 Å². The van der Waals surface area contributed by atoms with E-state index in [1.54, 1.807) is 6.07 Å². The van der Waals surface area contributed by atoms with Gasteiger partial charge in [0.15, 0.2) is 0 Å². The van der Waals surface area contributed by atoms with Crippen LogP contribution in [0.1, 0.15) is 10.4 Å². The molecule has 0 saturated carbocycles. The summed E-state index contributed by atoms with van der Waals surface area (Å²) < 4.78 is 47.2. The van der Waals surface area contributed by atoms with E-state index < -0.39 is 21.8 Å². The van der Waals surface area contributed by atoms with Crippen molar-refractivity contribution in [2.45, 2.75) is 4.90 Å². The van der Waals surface area contributed by atoms with E-state index >= 15 is 0 Å². The van der Waals surface area contributed by atoms with Gasteiger partial charge in [-0.2, -0.15) is 0 Å². The highest BCUT2D eigenvalue weighted by Gasteiger charge is 2.17. The van der Waals surface area contributed by atoms with Crippen LogP contribution in [0.15, 0.2) is 41.3 Å². The minimum absolute atomic E-state index is 0.109. The summed E-state index contributed by atoms with van der Waals surface area (Å²) in [5.74, 6) is -1.16. The van der Waals surface area contributed by atoms with Crippen LogP contribution in [0.3, 0.4) is 0 Å². The number of rotatable bonds is 6. The third kappa shape index (κ3) is 5.97. The zero-order valence-corrected chi connectivity index (χ0v) is 19.7. The van der Waals surface area contributed by atoms with Crippen molar-refractivity contribution >= 4 is 83.8 Å². The molecule has 0 aliphatic carbocycles. The summed E-state index contributed by atoms with van der Waals surface area (Å²) in [5, 5.41) is 0. The normalized spacial score (nSPS) is 11.4. The molecule has 5 nitrogen and oxygen atoms in total. The summed E-state index contributed by atoms with van der Waals surface area (Å²) in [6, 6.07) is 8.32. The van der Waals surface area contributed by atoms with Gasteiger partial charge in [-0.25, -0.2) is 22.3 Å². The Bertz CT molecular complexity index is 906. The van der Waals surface area contributed by atoms with Gasteiger partial charge in [0.1, 0.15) is 12.4 Å². The second kappa shape index (κ2) is 9.23. The molecule has 0 atom stereocenters. The Balaban J connectivity index is 1.94. The first-order valence-electron chi connectivity index (χ1n) is 6.77. The number of halogens is 4. The molecular weight excluding hydrogens is 690 g/mol. The maximum absolute atomic E-state index is 13.1. The Kier molecular flexibility index (Phi) is 7.84. The molecule has 0 aliphatic rings. The number of sulfonamides is 1. The van der Waals surface area contributed by atoms with E-state index in [0.29, 0.717) is 5.56 Å². The van der Waals surface area contributed by atoms with Crippen molar-refractivity contribution in [2.75, 3.05) is 13.2 Å². The molecule has 2 rings (SSSR count). The number of nitrogens with one attached hydrogen (secondary N) is 1. The topological polar surface area (TPSA) is 72.5 Å². The SMILES string of the molecule is O=C(OCCNS(=O)(=O)c1cccc(F)c1)c1cc(I)cc(I)c1I. The zero-order chi connectivity index (χ0) is 18.6. The van der Waals surface area contributed by atoms with Crippen molar-refractivity contribution < 1.29 is 22.3 Å². The molecule has 0 radical (unpaired) electrons. The Morgan fingerprint density at radius 1 is 1.16 bits per heavy atom. The van der Waals surface area contributed by atoms with Crippen molar-refractivity contribution in [3.8, 4) is 0 Å². The minimum Gasteiger partial charge on any atom is -0.461 e. The lowest BCUT2D eigenvalue weighted by atomic mass is 10.2. The summed E-state index contributed by atoms with van der Waals surface area (Å²) >= 11 is 6.30. The van der Waals surface area contributed by atoms with Crippen LogP contribution >= 0.6 is 67.8 Å². The van der Waals surface area contributed by atoms with E-state index in [-0.39, 0.29) is 18.0 Å². The number of benzene rings is 2. The van der Waals surface area contributed by atoms with Crippen molar-refractivity contribution in [3.05, 3.63) is 58.5 Å². The molecule has 0 unspecified atom stereocenters. The molecule has 0 saturated heterocycles. The maximum atomic E-state index is 13.1. The van der Waals surface area contributed by atoms with Gasteiger partial charge < -0.3 is 4.74 Å². The Morgan fingerprint density at radius 3 is 2.56 bits per heavy atom. The van der Waals surface area contributed by atoms with E-state index in [9.17, 15) is 17.6 Å². The third-order valence-corrected chi connectivity index (χ3v) is 8.07. The lowest BCUT2D eigenvalue weighted by Gasteiger charge is -2.10. The van der Waals surface area contributed by atoms with Gasteiger partial charge in [0.05, 0.1) is 10.5 Å². The van der Waals surface area contributed by atoms with Crippen LogP contribution in [-0.4, -0.2) is 27.5 Å². The minimum atomic E-state index is -3.85. The van der Waals surface area contributed by atoms with Crippen LogP contribution < -0.4 is 4.72 Å². The number of carbonyl (C=O) groups excluding carboxylic acids is 1. The summed E-state index contributed by atoms with van der Waals surface area (Å²) in [4.78, 5) is 12.0. The summed E-state index contributed by atoms with van der Waals surface area (Å²) in [5.41, 5.74) is 0.435. The van der Waals surface area contributed by atoms with E-state index in [1.807, 2.05) is 6.07 Å². The summed E-state index contributed by atoms with van der Waals surface area (Å²) in [7, 11) is -3.85. The smallest absolute Gasteiger partial charge is 0.339 e.